The number of morpholine rings is 1. The minimum Gasteiger partial charge on any atom is -0.375 e. The Labute approximate surface area is 102 Å². The molecule has 3 heteroatoms. The molecule has 1 aromatic rings. The van der Waals surface area contributed by atoms with Crippen molar-refractivity contribution in [2.24, 2.45) is 0 Å². The fourth-order valence-electron chi connectivity index (χ4n) is 1.80. The summed E-state index contributed by atoms with van der Waals surface area (Å²) in [5.74, 6) is 2.17. The topological polar surface area (TPSA) is 21.3 Å². The van der Waals surface area contributed by atoms with Crippen molar-refractivity contribution in [3.63, 3.8) is 0 Å². The molecule has 1 unspecified atom stereocenters. The average Bonchev–Trinajstić information content (AvgIpc) is 2.33. The molecule has 2 rings (SSSR count). The van der Waals surface area contributed by atoms with Crippen LogP contribution < -0.4 is 5.32 Å². The third kappa shape index (κ3) is 3.51. The van der Waals surface area contributed by atoms with E-state index in [0.717, 1.165) is 31.2 Å². The van der Waals surface area contributed by atoms with E-state index >= 15 is 0 Å². The Kier molecular flexibility index (Phi) is 4.69. The van der Waals surface area contributed by atoms with E-state index in [1.165, 1.54) is 11.1 Å². The van der Waals surface area contributed by atoms with E-state index in [9.17, 15) is 0 Å². The molecule has 1 saturated heterocycles. The Morgan fingerprint density at radius 1 is 1.44 bits per heavy atom. The summed E-state index contributed by atoms with van der Waals surface area (Å²) in [5, 5.41) is 3.36. The molecule has 1 atom stereocenters. The molecular formula is C13H19NOS. The van der Waals surface area contributed by atoms with Crippen molar-refractivity contribution in [1.29, 1.82) is 0 Å². The van der Waals surface area contributed by atoms with E-state index < -0.39 is 0 Å². The van der Waals surface area contributed by atoms with Crippen molar-refractivity contribution in [3.8, 4) is 0 Å². The van der Waals surface area contributed by atoms with Crippen molar-refractivity contribution < 1.29 is 4.74 Å². The van der Waals surface area contributed by atoms with E-state index in [2.05, 4.69) is 36.5 Å². The highest BCUT2D eigenvalue weighted by Gasteiger charge is 2.12. The molecule has 1 N–H and O–H groups in total. The van der Waals surface area contributed by atoms with Gasteiger partial charge in [0.2, 0.25) is 0 Å². The zero-order chi connectivity index (χ0) is 11.2. The summed E-state index contributed by atoms with van der Waals surface area (Å²) >= 11 is 1.96. The van der Waals surface area contributed by atoms with Crippen LogP contribution in [0.15, 0.2) is 24.3 Å². The Bertz CT molecular complexity index is 323. The van der Waals surface area contributed by atoms with Crippen LogP contribution in [0.1, 0.15) is 11.1 Å². The molecule has 0 saturated carbocycles. The first-order valence-corrected chi connectivity index (χ1v) is 6.96. The first-order valence-electron chi connectivity index (χ1n) is 5.81. The van der Waals surface area contributed by atoms with Crippen LogP contribution >= 0.6 is 11.8 Å². The second-order valence-electron chi connectivity index (χ2n) is 4.14. The maximum Gasteiger partial charge on any atom is 0.0790 e. The number of hydrogen-bond donors (Lipinski definition) is 1. The summed E-state index contributed by atoms with van der Waals surface area (Å²) in [6.07, 6.45) is 0.391. The molecule has 16 heavy (non-hydrogen) atoms. The normalized spacial score (nSPS) is 20.9. The Balaban J connectivity index is 1.73. The van der Waals surface area contributed by atoms with Crippen LogP contribution in [0.2, 0.25) is 0 Å². The van der Waals surface area contributed by atoms with Crippen LogP contribution in [0.25, 0.3) is 0 Å². The van der Waals surface area contributed by atoms with Crippen molar-refractivity contribution in [2.75, 3.05) is 25.4 Å². The first-order chi connectivity index (χ1) is 7.86. The molecule has 0 aromatic heterocycles. The fraction of sp³-hybridized carbons (Fsp3) is 0.538. The van der Waals surface area contributed by atoms with Gasteiger partial charge in [-0.15, -0.1) is 0 Å². The van der Waals surface area contributed by atoms with Gasteiger partial charge in [-0.2, -0.15) is 11.8 Å². The highest BCUT2D eigenvalue weighted by Crippen LogP contribution is 2.17. The lowest BCUT2D eigenvalue weighted by atomic mass is 10.1. The van der Waals surface area contributed by atoms with Crippen LogP contribution in [0.4, 0.5) is 0 Å². The molecule has 1 aliphatic heterocycles. The molecule has 88 valence electrons. The zero-order valence-electron chi connectivity index (χ0n) is 9.74. The second kappa shape index (κ2) is 6.28. The standard InChI is InChI=1S/C13H19NOS/c1-11-4-2-3-5-12(11)9-16-10-13-8-14-6-7-15-13/h2-5,13-14H,6-10H2,1H3. The van der Waals surface area contributed by atoms with E-state index in [4.69, 9.17) is 4.74 Å². The van der Waals surface area contributed by atoms with E-state index in [-0.39, 0.29) is 0 Å². The smallest absolute Gasteiger partial charge is 0.0790 e. The number of nitrogens with one attached hydrogen (secondary N) is 1. The lowest BCUT2D eigenvalue weighted by Crippen LogP contribution is -2.39. The molecule has 0 radical (unpaired) electrons. The Hall–Kier alpha value is -0.510. The Morgan fingerprint density at radius 2 is 2.31 bits per heavy atom. The summed E-state index contributed by atoms with van der Waals surface area (Å²) in [6, 6.07) is 8.59. The third-order valence-electron chi connectivity index (χ3n) is 2.83. The SMILES string of the molecule is Cc1ccccc1CSCC1CNCCO1. The van der Waals surface area contributed by atoms with Gasteiger partial charge in [-0.1, -0.05) is 24.3 Å². The molecule has 1 fully saturated rings. The minimum absolute atomic E-state index is 0.391. The highest BCUT2D eigenvalue weighted by molar-refractivity contribution is 7.98. The minimum atomic E-state index is 0.391. The van der Waals surface area contributed by atoms with Crippen LogP contribution in [-0.2, 0) is 10.5 Å². The van der Waals surface area contributed by atoms with Gasteiger partial charge in [0.15, 0.2) is 0 Å². The first kappa shape index (κ1) is 12.0. The van der Waals surface area contributed by atoms with E-state index in [1.54, 1.807) is 0 Å². The summed E-state index contributed by atoms with van der Waals surface area (Å²) in [7, 11) is 0. The quantitative estimate of drug-likeness (QED) is 0.867. The van der Waals surface area contributed by atoms with Gasteiger partial charge in [0.1, 0.15) is 0 Å². The van der Waals surface area contributed by atoms with Crippen LogP contribution in [0.5, 0.6) is 0 Å². The van der Waals surface area contributed by atoms with Gasteiger partial charge >= 0.3 is 0 Å². The van der Waals surface area contributed by atoms with Crippen molar-refractivity contribution in [2.45, 2.75) is 18.8 Å². The zero-order valence-corrected chi connectivity index (χ0v) is 10.6. The molecular weight excluding hydrogens is 218 g/mol. The predicted molar refractivity (Wildman–Crippen MR) is 70.0 cm³/mol. The number of ether oxygens (including phenoxy) is 1. The highest BCUT2D eigenvalue weighted by atomic mass is 32.2. The second-order valence-corrected chi connectivity index (χ2v) is 5.17. The van der Waals surface area contributed by atoms with E-state index in [0.29, 0.717) is 6.10 Å². The lowest BCUT2D eigenvalue weighted by Gasteiger charge is -2.23. The molecule has 0 aliphatic carbocycles. The Morgan fingerprint density at radius 3 is 3.06 bits per heavy atom. The van der Waals surface area contributed by atoms with Gasteiger partial charge in [0.25, 0.3) is 0 Å². The van der Waals surface area contributed by atoms with Crippen LogP contribution in [0, 0.1) is 6.92 Å². The van der Waals surface area contributed by atoms with Crippen molar-refractivity contribution >= 4 is 11.8 Å². The summed E-state index contributed by atoms with van der Waals surface area (Å²) in [4.78, 5) is 0. The average molecular weight is 237 g/mol. The van der Waals surface area contributed by atoms with Crippen LogP contribution in [-0.4, -0.2) is 31.6 Å². The van der Waals surface area contributed by atoms with Crippen molar-refractivity contribution in [1.82, 2.24) is 5.32 Å². The molecule has 0 spiro atoms. The molecule has 0 amide bonds. The van der Waals surface area contributed by atoms with Crippen LogP contribution in [0.3, 0.4) is 0 Å². The summed E-state index contributed by atoms with van der Waals surface area (Å²) in [5.41, 5.74) is 2.83. The molecule has 1 heterocycles. The predicted octanol–water partition coefficient (Wildman–Crippen LogP) is 2.22. The molecule has 2 nitrogen and oxygen atoms in total. The molecule has 1 aliphatic rings. The van der Waals surface area contributed by atoms with Gasteiger partial charge in [-0.05, 0) is 18.1 Å². The van der Waals surface area contributed by atoms with Gasteiger partial charge in [0.05, 0.1) is 12.7 Å². The van der Waals surface area contributed by atoms with Gasteiger partial charge in [0, 0.05) is 24.6 Å². The van der Waals surface area contributed by atoms with E-state index in [1.807, 2.05) is 11.8 Å². The fourth-order valence-corrected chi connectivity index (χ4v) is 2.94. The number of rotatable bonds is 4. The number of thioether (sulfide) groups is 1. The molecule has 0 bridgehead atoms. The monoisotopic (exact) mass is 237 g/mol. The summed E-state index contributed by atoms with van der Waals surface area (Å²) in [6.45, 7) is 5.03. The van der Waals surface area contributed by atoms with Gasteiger partial charge < -0.3 is 10.1 Å². The molecule has 1 aromatic carbocycles. The largest absolute Gasteiger partial charge is 0.375 e. The summed E-state index contributed by atoms with van der Waals surface area (Å²) < 4.78 is 5.66. The number of hydrogen-bond acceptors (Lipinski definition) is 3. The maximum absolute atomic E-state index is 5.66. The number of aryl methyl sites for hydroxylation is 1. The van der Waals surface area contributed by atoms with Gasteiger partial charge in [-0.25, -0.2) is 0 Å². The number of benzene rings is 1. The lowest BCUT2D eigenvalue weighted by molar-refractivity contribution is 0.0441. The van der Waals surface area contributed by atoms with Gasteiger partial charge in [-0.3, -0.25) is 0 Å². The van der Waals surface area contributed by atoms with Crippen molar-refractivity contribution in [3.05, 3.63) is 35.4 Å². The third-order valence-corrected chi connectivity index (χ3v) is 3.95. The maximum atomic E-state index is 5.66.